The highest BCUT2D eigenvalue weighted by Crippen LogP contribution is 2.27. The van der Waals surface area contributed by atoms with Crippen molar-refractivity contribution in [3.05, 3.63) is 35.5 Å². The number of β-amino-alcohol motifs (C(OH)–C–C–N with tert-alkyl or cyclic N) is 1. The quantitative estimate of drug-likeness (QED) is 0.841. The minimum atomic E-state index is -0.960. The van der Waals surface area contributed by atoms with Gasteiger partial charge in [0.15, 0.2) is 5.69 Å². The van der Waals surface area contributed by atoms with Crippen LogP contribution in [-0.4, -0.2) is 68.4 Å². The van der Waals surface area contributed by atoms with Crippen LogP contribution in [0.5, 0.6) is 0 Å². The molecule has 2 aliphatic rings. The van der Waals surface area contributed by atoms with Gasteiger partial charge in [-0.25, -0.2) is 4.98 Å². The van der Waals surface area contributed by atoms with Crippen molar-refractivity contribution < 1.29 is 9.90 Å². The summed E-state index contributed by atoms with van der Waals surface area (Å²) in [5.74, 6) is 0.620. The van der Waals surface area contributed by atoms with Crippen molar-refractivity contribution in [2.75, 3.05) is 31.6 Å². The molecule has 1 amide bonds. The molecule has 1 atom stereocenters. The molecule has 3 heterocycles. The molecule has 138 valence electrons. The Morgan fingerprint density at radius 2 is 2.23 bits per heavy atom. The van der Waals surface area contributed by atoms with Crippen LogP contribution in [-0.2, 0) is 12.8 Å². The number of nitrogens with zero attached hydrogens (tertiary/aromatic N) is 5. The van der Waals surface area contributed by atoms with Gasteiger partial charge in [-0.15, -0.1) is 0 Å². The van der Waals surface area contributed by atoms with Crippen LogP contribution >= 0.6 is 0 Å². The van der Waals surface area contributed by atoms with Crippen LogP contribution in [0.3, 0.4) is 0 Å². The van der Waals surface area contributed by atoms with E-state index < -0.39 is 5.60 Å². The summed E-state index contributed by atoms with van der Waals surface area (Å²) in [6.07, 6.45) is 9.62. The molecule has 8 heteroatoms. The molecule has 1 aliphatic carbocycles. The van der Waals surface area contributed by atoms with Crippen molar-refractivity contribution in [2.45, 2.75) is 37.7 Å². The number of carbonyl (C=O) groups is 1. The summed E-state index contributed by atoms with van der Waals surface area (Å²) in [7, 11) is 1.73. The van der Waals surface area contributed by atoms with E-state index in [4.69, 9.17) is 0 Å². The maximum Gasteiger partial charge on any atom is 0.274 e. The van der Waals surface area contributed by atoms with Gasteiger partial charge in [0.2, 0.25) is 0 Å². The summed E-state index contributed by atoms with van der Waals surface area (Å²) in [5, 5.41) is 18.2. The third-order valence-corrected chi connectivity index (χ3v) is 5.34. The first kappa shape index (κ1) is 17.0. The fraction of sp³-hybridized carbons (Fsp3) is 0.556. The lowest BCUT2D eigenvalue weighted by Crippen LogP contribution is -2.46. The summed E-state index contributed by atoms with van der Waals surface area (Å²) in [6, 6.07) is 0. The van der Waals surface area contributed by atoms with Gasteiger partial charge in [-0.1, -0.05) is 0 Å². The molecule has 0 aromatic carbocycles. The molecule has 26 heavy (non-hydrogen) atoms. The third-order valence-electron chi connectivity index (χ3n) is 5.34. The van der Waals surface area contributed by atoms with Crippen LogP contribution in [0.2, 0.25) is 0 Å². The molecule has 0 saturated carbocycles. The Labute approximate surface area is 152 Å². The minimum absolute atomic E-state index is 0.129. The summed E-state index contributed by atoms with van der Waals surface area (Å²) in [5.41, 5.74) is 1.68. The Kier molecular flexibility index (Phi) is 4.36. The van der Waals surface area contributed by atoms with Crippen LogP contribution < -0.4 is 4.90 Å². The second-order valence-electron chi connectivity index (χ2n) is 7.36. The number of carbonyl (C=O) groups excluding carboxylic acids is 1. The fourth-order valence-electron chi connectivity index (χ4n) is 3.99. The van der Waals surface area contributed by atoms with Crippen molar-refractivity contribution in [3.8, 4) is 0 Å². The SMILES string of the molecule is CN(C[C@]1(O)CCN(c2cnccn2)C1)C(=O)c1n[nH]c2c1CCCC2. The number of aliphatic hydroxyl groups is 1. The Morgan fingerprint density at radius 3 is 3.04 bits per heavy atom. The Morgan fingerprint density at radius 1 is 1.38 bits per heavy atom. The standard InChI is InChI=1S/C18H24N6O2/c1-23(17(25)16-13-4-2-3-5-14(13)21-22-16)11-18(26)6-9-24(12-18)15-10-19-7-8-20-15/h7-8,10,26H,2-6,9,11-12H2,1H3,(H,21,22)/t18-/m1/s1. The average Bonchev–Trinajstić information content (AvgIpc) is 3.26. The maximum absolute atomic E-state index is 12.9. The van der Waals surface area contributed by atoms with Crippen LogP contribution in [0.4, 0.5) is 5.82 Å². The van der Waals surface area contributed by atoms with E-state index in [1.165, 1.54) is 0 Å². The van der Waals surface area contributed by atoms with E-state index in [1.54, 1.807) is 30.5 Å². The zero-order chi connectivity index (χ0) is 18.1. The van der Waals surface area contributed by atoms with Gasteiger partial charge in [-0.2, -0.15) is 5.10 Å². The Balaban J connectivity index is 1.44. The molecule has 2 N–H and O–H groups in total. The zero-order valence-electron chi connectivity index (χ0n) is 15.0. The number of hydrogen-bond acceptors (Lipinski definition) is 6. The smallest absolute Gasteiger partial charge is 0.274 e. The van der Waals surface area contributed by atoms with E-state index in [0.717, 1.165) is 42.8 Å². The largest absolute Gasteiger partial charge is 0.386 e. The molecule has 2 aromatic heterocycles. The summed E-state index contributed by atoms with van der Waals surface area (Å²) < 4.78 is 0. The average molecular weight is 356 g/mol. The molecule has 1 aliphatic heterocycles. The lowest BCUT2D eigenvalue weighted by molar-refractivity contribution is 0.0261. The minimum Gasteiger partial charge on any atom is -0.386 e. The molecule has 0 spiro atoms. The summed E-state index contributed by atoms with van der Waals surface area (Å²) >= 11 is 0. The highest BCUT2D eigenvalue weighted by molar-refractivity contribution is 5.94. The van der Waals surface area contributed by atoms with E-state index in [-0.39, 0.29) is 12.5 Å². The second kappa shape index (κ2) is 6.68. The number of H-pyrrole nitrogens is 1. The van der Waals surface area contributed by atoms with Gasteiger partial charge in [0.05, 0.1) is 12.7 Å². The van der Waals surface area contributed by atoms with Crippen LogP contribution in [0, 0.1) is 0 Å². The van der Waals surface area contributed by atoms with Crippen molar-refractivity contribution in [2.24, 2.45) is 0 Å². The van der Waals surface area contributed by atoms with E-state index in [1.807, 2.05) is 4.90 Å². The molecule has 0 unspecified atom stereocenters. The van der Waals surface area contributed by atoms with Gasteiger partial charge >= 0.3 is 0 Å². The number of amides is 1. The maximum atomic E-state index is 12.9. The predicted molar refractivity (Wildman–Crippen MR) is 96.0 cm³/mol. The number of likely N-dealkylation sites (N-methyl/N-ethyl adjacent to an activating group) is 1. The fourth-order valence-corrected chi connectivity index (χ4v) is 3.99. The summed E-state index contributed by atoms with van der Waals surface area (Å²) in [4.78, 5) is 24.8. The van der Waals surface area contributed by atoms with Gasteiger partial charge in [-0.05, 0) is 32.1 Å². The highest BCUT2D eigenvalue weighted by Gasteiger charge is 2.39. The number of fused-ring (bicyclic) bond motifs is 1. The highest BCUT2D eigenvalue weighted by atomic mass is 16.3. The zero-order valence-corrected chi connectivity index (χ0v) is 15.0. The molecule has 1 fully saturated rings. The van der Waals surface area contributed by atoms with Gasteiger partial charge in [0.1, 0.15) is 11.4 Å². The first-order valence-electron chi connectivity index (χ1n) is 9.11. The predicted octanol–water partition coefficient (Wildman–Crippen LogP) is 0.792. The van der Waals surface area contributed by atoms with Gasteiger partial charge in [0.25, 0.3) is 5.91 Å². The van der Waals surface area contributed by atoms with Crippen molar-refractivity contribution in [1.29, 1.82) is 0 Å². The number of nitrogens with one attached hydrogen (secondary N) is 1. The third kappa shape index (κ3) is 3.16. The molecule has 2 aromatic rings. The van der Waals surface area contributed by atoms with Gasteiger partial charge in [0, 0.05) is 43.8 Å². The lowest BCUT2D eigenvalue weighted by atomic mass is 9.95. The lowest BCUT2D eigenvalue weighted by Gasteiger charge is -2.29. The number of rotatable bonds is 4. The molecular formula is C18H24N6O2. The van der Waals surface area contributed by atoms with Crippen molar-refractivity contribution in [3.63, 3.8) is 0 Å². The van der Waals surface area contributed by atoms with E-state index in [2.05, 4.69) is 20.2 Å². The molecule has 0 bridgehead atoms. The molecule has 1 saturated heterocycles. The van der Waals surface area contributed by atoms with Crippen LogP contribution in [0.15, 0.2) is 18.6 Å². The van der Waals surface area contributed by atoms with E-state index in [0.29, 0.717) is 25.2 Å². The van der Waals surface area contributed by atoms with E-state index >= 15 is 0 Å². The number of anilines is 1. The van der Waals surface area contributed by atoms with Gasteiger partial charge in [-0.3, -0.25) is 14.9 Å². The first-order valence-corrected chi connectivity index (χ1v) is 9.11. The normalized spacial score (nSPS) is 22.3. The molecular weight excluding hydrogens is 332 g/mol. The van der Waals surface area contributed by atoms with Crippen LogP contribution in [0.25, 0.3) is 0 Å². The van der Waals surface area contributed by atoms with Crippen molar-refractivity contribution in [1.82, 2.24) is 25.1 Å². The number of aromatic nitrogens is 4. The van der Waals surface area contributed by atoms with Gasteiger partial charge < -0.3 is 14.9 Å². The Hall–Kier alpha value is -2.48. The molecule has 4 rings (SSSR count). The summed E-state index contributed by atoms with van der Waals surface area (Å²) in [6.45, 7) is 1.39. The first-order chi connectivity index (χ1) is 12.6. The second-order valence-corrected chi connectivity index (χ2v) is 7.36. The number of hydrogen-bond donors (Lipinski definition) is 2. The van der Waals surface area contributed by atoms with E-state index in [9.17, 15) is 9.90 Å². The Bertz CT molecular complexity index is 792. The monoisotopic (exact) mass is 356 g/mol. The number of aryl methyl sites for hydroxylation is 1. The van der Waals surface area contributed by atoms with Crippen molar-refractivity contribution >= 4 is 11.7 Å². The van der Waals surface area contributed by atoms with Crippen LogP contribution in [0.1, 0.15) is 41.0 Å². The topological polar surface area (TPSA) is 98.2 Å². The molecule has 0 radical (unpaired) electrons. The number of aromatic amines is 1. The molecule has 8 nitrogen and oxygen atoms in total.